The van der Waals surface area contributed by atoms with Crippen LogP contribution in [0.4, 0.5) is 17.1 Å². The number of nitrogens with one attached hydrogen (secondary N) is 1. The summed E-state index contributed by atoms with van der Waals surface area (Å²) in [4.78, 5) is 9.99. The average Bonchev–Trinajstić information content (AvgIpc) is 2.39. The molecular weight excluding hydrogens is 398 g/mol. The molecule has 0 aliphatic heterocycles. The first-order valence-corrected chi connectivity index (χ1v) is 8.38. The number of nitro benzene ring substituents is 1. The van der Waals surface area contributed by atoms with Gasteiger partial charge >= 0.3 is 0 Å². The van der Waals surface area contributed by atoms with Crippen LogP contribution in [0, 0.1) is 10.1 Å². The third-order valence-electron chi connectivity index (χ3n) is 2.66. The largest absolute Gasteiger partial charge is 0.393 e. The first-order valence-electron chi connectivity index (χ1n) is 5.72. The average molecular weight is 407 g/mol. The van der Waals surface area contributed by atoms with Gasteiger partial charge in [-0.15, -0.1) is 0 Å². The van der Waals surface area contributed by atoms with Crippen molar-refractivity contribution in [3.63, 3.8) is 0 Å². The van der Waals surface area contributed by atoms with Gasteiger partial charge in [-0.3, -0.25) is 14.8 Å². The smallest absolute Gasteiger partial charge is 0.294 e. The van der Waals surface area contributed by atoms with Crippen molar-refractivity contribution in [1.29, 1.82) is 0 Å². The Morgan fingerprint density at radius 1 is 1.23 bits per heavy atom. The van der Waals surface area contributed by atoms with E-state index in [9.17, 15) is 18.5 Å². The quantitative estimate of drug-likeness (QED) is 0.459. The summed E-state index contributed by atoms with van der Waals surface area (Å²) in [7, 11) is -3.98. The number of nitro groups is 1. The normalized spacial score (nSPS) is 11.2. The van der Waals surface area contributed by atoms with Crippen LogP contribution in [-0.2, 0) is 10.0 Å². The maximum absolute atomic E-state index is 12.3. The van der Waals surface area contributed by atoms with E-state index in [1.807, 2.05) is 0 Å². The SMILES string of the molecule is Nc1ccc(NS(=O)(=O)c2ccc(Br)cc2Cl)cc1[N+](=O)[O-]. The highest BCUT2D eigenvalue weighted by Gasteiger charge is 2.20. The Balaban J connectivity index is 2.41. The molecular formula is C12H9BrClN3O4S. The zero-order valence-corrected chi connectivity index (χ0v) is 13.9. The summed E-state index contributed by atoms with van der Waals surface area (Å²) < 4.78 is 27.4. The molecule has 0 amide bonds. The molecule has 0 aromatic heterocycles. The van der Waals surface area contributed by atoms with Crippen molar-refractivity contribution in [3.8, 4) is 0 Å². The summed E-state index contributed by atoms with van der Waals surface area (Å²) in [6.07, 6.45) is 0. The van der Waals surface area contributed by atoms with Crippen molar-refractivity contribution in [2.45, 2.75) is 4.90 Å². The van der Waals surface area contributed by atoms with Crippen LogP contribution in [0.1, 0.15) is 0 Å². The summed E-state index contributed by atoms with van der Waals surface area (Å²) in [5.41, 5.74) is 5.03. The van der Waals surface area contributed by atoms with Gasteiger partial charge in [0.1, 0.15) is 10.6 Å². The number of nitrogen functional groups attached to an aromatic ring is 1. The van der Waals surface area contributed by atoms with Crippen LogP contribution in [0.25, 0.3) is 0 Å². The molecule has 2 aromatic rings. The minimum atomic E-state index is -3.98. The Labute approximate surface area is 139 Å². The van der Waals surface area contributed by atoms with Crippen molar-refractivity contribution < 1.29 is 13.3 Å². The van der Waals surface area contributed by atoms with E-state index in [4.69, 9.17) is 17.3 Å². The van der Waals surface area contributed by atoms with Crippen LogP contribution in [0.2, 0.25) is 5.02 Å². The summed E-state index contributed by atoms with van der Waals surface area (Å²) in [5, 5.41) is 10.8. The molecule has 2 rings (SSSR count). The van der Waals surface area contributed by atoms with E-state index >= 15 is 0 Å². The maximum atomic E-state index is 12.3. The Kier molecular flexibility index (Phi) is 4.59. The molecule has 7 nitrogen and oxygen atoms in total. The topological polar surface area (TPSA) is 115 Å². The molecule has 0 heterocycles. The zero-order chi connectivity index (χ0) is 16.5. The lowest BCUT2D eigenvalue weighted by Crippen LogP contribution is -2.13. The van der Waals surface area contributed by atoms with Gasteiger partial charge in [0.2, 0.25) is 0 Å². The number of benzene rings is 2. The maximum Gasteiger partial charge on any atom is 0.294 e. The molecule has 2 aromatic carbocycles. The van der Waals surface area contributed by atoms with Gasteiger partial charge < -0.3 is 5.73 Å². The van der Waals surface area contributed by atoms with Gasteiger partial charge in [-0.2, -0.15) is 0 Å². The summed E-state index contributed by atoms with van der Waals surface area (Å²) in [5.74, 6) is 0. The van der Waals surface area contributed by atoms with Crippen LogP contribution in [0.5, 0.6) is 0 Å². The summed E-state index contributed by atoms with van der Waals surface area (Å²) in [6.45, 7) is 0. The molecule has 0 saturated carbocycles. The molecule has 0 spiro atoms. The van der Waals surface area contributed by atoms with E-state index in [2.05, 4.69) is 20.7 Å². The van der Waals surface area contributed by atoms with Crippen molar-refractivity contribution in [3.05, 3.63) is 56.0 Å². The minimum Gasteiger partial charge on any atom is -0.393 e. The number of nitrogens with two attached hydrogens (primary N) is 1. The highest BCUT2D eigenvalue weighted by molar-refractivity contribution is 9.10. The standard InChI is InChI=1S/C12H9BrClN3O4S/c13-7-1-4-12(9(14)5-7)22(20,21)16-8-2-3-10(15)11(6-8)17(18)19/h1-6,16H,15H2. The lowest BCUT2D eigenvalue weighted by Gasteiger charge is -2.10. The molecule has 3 N–H and O–H groups in total. The highest BCUT2D eigenvalue weighted by Crippen LogP contribution is 2.29. The van der Waals surface area contributed by atoms with Crippen molar-refractivity contribution in [1.82, 2.24) is 0 Å². The summed E-state index contributed by atoms with van der Waals surface area (Å²) in [6, 6.07) is 7.89. The Morgan fingerprint density at radius 3 is 2.50 bits per heavy atom. The number of halogens is 2. The molecule has 22 heavy (non-hydrogen) atoms. The van der Waals surface area contributed by atoms with Gasteiger partial charge in [-0.1, -0.05) is 27.5 Å². The molecule has 0 aliphatic rings. The third kappa shape index (κ3) is 3.49. The fourth-order valence-electron chi connectivity index (χ4n) is 1.67. The molecule has 0 saturated heterocycles. The number of rotatable bonds is 4. The second kappa shape index (κ2) is 6.11. The number of hydrogen-bond donors (Lipinski definition) is 2. The van der Waals surface area contributed by atoms with Gasteiger partial charge in [-0.25, -0.2) is 8.42 Å². The van der Waals surface area contributed by atoms with Gasteiger partial charge in [-0.05, 0) is 30.3 Å². The first-order chi connectivity index (χ1) is 10.2. The number of sulfonamides is 1. The Bertz CT molecular complexity index is 857. The molecule has 0 atom stereocenters. The molecule has 0 radical (unpaired) electrons. The monoisotopic (exact) mass is 405 g/mol. The van der Waals surface area contributed by atoms with Gasteiger partial charge in [0.15, 0.2) is 0 Å². The fourth-order valence-corrected chi connectivity index (χ4v) is 3.76. The third-order valence-corrected chi connectivity index (χ3v) is 5.02. The van der Waals surface area contributed by atoms with Crippen LogP contribution in [-0.4, -0.2) is 13.3 Å². The van der Waals surface area contributed by atoms with E-state index < -0.39 is 14.9 Å². The van der Waals surface area contributed by atoms with Gasteiger partial charge in [0.05, 0.1) is 15.6 Å². The molecule has 0 aliphatic carbocycles. The van der Waals surface area contributed by atoms with E-state index in [-0.39, 0.29) is 27.0 Å². The van der Waals surface area contributed by atoms with Crippen molar-refractivity contribution in [2.75, 3.05) is 10.5 Å². The van der Waals surface area contributed by atoms with E-state index in [0.717, 1.165) is 6.07 Å². The van der Waals surface area contributed by atoms with E-state index in [1.165, 1.54) is 30.3 Å². The second-order valence-corrected chi connectivity index (χ2v) is 7.18. The predicted molar refractivity (Wildman–Crippen MR) is 87.5 cm³/mol. The summed E-state index contributed by atoms with van der Waals surface area (Å²) >= 11 is 9.08. The zero-order valence-electron chi connectivity index (χ0n) is 10.8. The lowest BCUT2D eigenvalue weighted by atomic mass is 10.2. The number of hydrogen-bond acceptors (Lipinski definition) is 5. The van der Waals surface area contributed by atoms with Crippen LogP contribution < -0.4 is 10.5 Å². The van der Waals surface area contributed by atoms with Crippen LogP contribution >= 0.6 is 27.5 Å². The number of nitrogens with zero attached hydrogens (tertiary/aromatic N) is 1. The molecule has 0 unspecified atom stereocenters. The molecule has 116 valence electrons. The van der Waals surface area contributed by atoms with Crippen molar-refractivity contribution in [2.24, 2.45) is 0 Å². The van der Waals surface area contributed by atoms with Gasteiger partial charge in [0.25, 0.3) is 15.7 Å². The Morgan fingerprint density at radius 2 is 1.91 bits per heavy atom. The van der Waals surface area contributed by atoms with Crippen LogP contribution in [0.3, 0.4) is 0 Å². The highest BCUT2D eigenvalue weighted by atomic mass is 79.9. The molecule has 0 bridgehead atoms. The van der Waals surface area contributed by atoms with Crippen LogP contribution in [0.15, 0.2) is 45.8 Å². The molecule has 10 heteroatoms. The van der Waals surface area contributed by atoms with Gasteiger partial charge in [0, 0.05) is 10.5 Å². The first kappa shape index (κ1) is 16.5. The second-order valence-electron chi connectivity index (χ2n) is 4.21. The number of anilines is 2. The fraction of sp³-hybridized carbons (Fsp3) is 0. The van der Waals surface area contributed by atoms with Crippen molar-refractivity contribution >= 4 is 54.6 Å². The minimum absolute atomic E-state index is 0.0138. The van der Waals surface area contributed by atoms with E-state index in [0.29, 0.717) is 4.47 Å². The predicted octanol–water partition coefficient (Wildman–Crippen LogP) is 3.39. The Hall–Kier alpha value is -1.84. The lowest BCUT2D eigenvalue weighted by molar-refractivity contribution is -0.383. The molecule has 0 fully saturated rings. The van der Waals surface area contributed by atoms with E-state index in [1.54, 1.807) is 0 Å².